The standard InChI is InChI=1S/C4H6O2S2/c1-7(5)4-3-8(4,2)6/h3H,2H2,1H3. The SMILES string of the molecule is C=S1(=O)C=C1S(C)=O. The highest BCUT2D eigenvalue weighted by Gasteiger charge is 2.26. The minimum Gasteiger partial charge on any atom is -0.258 e. The molecule has 46 valence electrons. The maximum atomic E-state index is 10.7. The molecule has 1 aliphatic heterocycles. The molecular weight excluding hydrogens is 144 g/mol. The summed E-state index contributed by atoms with van der Waals surface area (Å²) in [6.07, 6.45) is 1.50. The minimum absolute atomic E-state index is 0.512. The van der Waals surface area contributed by atoms with Gasteiger partial charge in [0.2, 0.25) is 0 Å². The second-order valence-corrected chi connectivity index (χ2v) is 5.35. The van der Waals surface area contributed by atoms with Crippen LogP contribution in [0.4, 0.5) is 0 Å². The fraction of sp³-hybridized carbons (Fsp3) is 0.250. The zero-order valence-electron chi connectivity index (χ0n) is 4.42. The highest BCUT2D eigenvalue weighted by molar-refractivity contribution is 8.24. The Morgan fingerprint density at radius 1 is 1.88 bits per heavy atom. The van der Waals surface area contributed by atoms with Gasteiger partial charge in [-0.1, -0.05) is 0 Å². The van der Waals surface area contributed by atoms with Crippen molar-refractivity contribution in [1.29, 1.82) is 0 Å². The quantitative estimate of drug-likeness (QED) is 0.489. The van der Waals surface area contributed by atoms with Gasteiger partial charge in [-0.15, -0.1) is 0 Å². The minimum atomic E-state index is -2.07. The number of hydrogen-bond donors (Lipinski definition) is 0. The Morgan fingerprint density at radius 2 is 2.25 bits per heavy atom. The second-order valence-electron chi connectivity index (χ2n) is 1.62. The maximum Gasteiger partial charge on any atom is 0.107 e. The molecule has 1 aliphatic rings. The van der Waals surface area contributed by atoms with Crippen LogP contribution in [-0.2, 0) is 20.3 Å². The van der Waals surface area contributed by atoms with Gasteiger partial charge in [-0.25, -0.2) is 0 Å². The van der Waals surface area contributed by atoms with Crippen molar-refractivity contribution >= 4 is 26.2 Å². The summed E-state index contributed by atoms with van der Waals surface area (Å²) in [6.45, 7) is 0. The first kappa shape index (κ1) is 6.04. The summed E-state index contributed by atoms with van der Waals surface area (Å²) in [5.41, 5.74) is 0. The van der Waals surface area contributed by atoms with E-state index in [9.17, 15) is 8.42 Å². The zero-order valence-corrected chi connectivity index (χ0v) is 6.05. The summed E-state index contributed by atoms with van der Waals surface area (Å²) in [7, 11) is -3.12. The van der Waals surface area contributed by atoms with E-state index in [0.29, 0.717) is 4.24 Å². The molecule has 1 rings (SSSR count). The van der Waals surface area contributed by atoms with Crippen LogP contribution < -0.4 is 0 Å². The Hall–Kier alpha value is -0.0900. The van der Waals surface area contributed by atoms with Crippen molar-refractivity contribution < 1.29 is 8.42 Å². The molecule has 0 bridgehead atoms. The van der Waals surface area contributed by atoms with E-state index in [-0.39, 0.29) is 0 Å². The Kier molecular flexibility index (Phi) is 1.09. The molecule has 0 radical (unpaired) electrons. The van der Waals surface area contributed by atoms with Crippen molar-refractivity contribution in [2.45, 2.75) is 0 Å². The number of rotatable bonds is 1. The van der Waals surface area contributed by atoms with Crippen molar-refractivity contribution in [3.63, 3.8) is 0 Å². The average molecular weight is 150 g/mol. The van der Waals surface area contributed by atoms with Gasteiger partial charge in [-0.2, -0.15) is 0 Å². The lowest BCUT2D eigenvalue weighted by Gasteiger charge is -1.78. The molecule has 0 fully saturated rings. The lowest BCUT2D eigenvalue weighted by molar-refractivity contribution is 0.689. The third kappa shape index (κ3) is 0.855. The molecule has 2 unspecified atom stereocenters. The molecule has 0 aromatic carbocycles. The van der Waals surface area contributed by atoms with Gasteiger partial charge < -0.3 is 0 Å². The molecule has 0 saturated heterocycles. The van der Waals surface area contributed by atoms with Crippen LogP contribution in [0.3, 0.4) is 0 Å². The third-order valence-electron chi connectivity index (χ3n) is 0.853. The molecule has 0 spiro atoms. The first-order chi connectivity index (χ1) is 3.54. The van der Waals surface area contributed by atoms with Gasteiger partial charge in [-0.05, 0) is 5.87 Å². The average Bonchev–Trinajstić information content (AvgIpc) is 2.13. The van der Waals surface area contributed by atoms with Crippen molar-refractivity contribution in [2.24, 2.45) is 0 Å². The van der Waals surface area contributed by atoms with Crippen LogP contribution in [0.15, 0.2) is 9.65 Å². The highest BCUT2D eigenvalue weighted by Crippen LogP contribution is 2.27. The Balaban J connectivity index is 2.89. The van der Waals surface area contributed by atoms with Gasteiger partial charge in [0, 0.05) is 21.2 Å². The molecule has 2 nitrogen and oxygen atoms in total. The summed E-state index contributed by atoms with van der Waals surface area (Å²) < 4.78 is 21.6. The molecule has 0 saturated carbocycles. The largest absolute Gasteiger partial charge is 0.258 e. The van der Waals surface area contributed by atoms with Crippen molar-refractivity contribution in [1.82, 2.24) is 0 Å². The fourth-order valence-corrected chi connectivity index (χ4v) is 3.58. The predicted molar refractivity (Wildman–Crippen MR) is 37.4 cm³/mol. The molecule has 0 aromatic heterocycles. The Labute approximate surface area is 51.1 Å². The van der Waals surface area contributed by atoms with Crippen LogP contribution in [0.1, 0.15) is 0 Å². The Morgan fingerprint density at radius 3 is 2.25 bits per heavy atom. The monoisotopic (exact) mass is 150 g/mol. The van der Waals surface area contributed by atoms with Crippen molar-refractivity contribution in [2.75, 3.05) is 6.26 Å². The summed E-state index contributed by atoms with van der Waals surface area (Å²) in [6, 6.07) is 0. The van der Waals surface area contributed by atoms with Gasteiger partial charge in [0.15, 0.2) is 0 Å². The summed E-state index contributed by atoms with van der Waals surface area (Å²) in [5.74, 6) is 3.33. The number of hydrogen-bond acceptors (Lipinski definition) is 2. The van der Waals surface area contributed by atoms with Crippen molar-refractivity contribution in [3.05, 3.63) is 9.65 Å². The molecule has 0 aromatic rings. The molecule has 2 atom stereocenters. The van der Waals surface area contributed by atoms with Crippen LogP contribution in [-0.4, -0.2) is 20.5 Å². The van der Waals surface area contributed by atoms with Crippen LogP contribution >= 0.6 is 0 Å². The molecule has 4 heteroatoms. The van der Waals surface area contributed by atoms with Crippen molar-refractivity contribution in [3.8, 4) is 0 Å². The lowest BCUT2D eigenvalue weighted by Crippen LogP contribution is -1.83. The fourth-order valence-electron chi connectivity index (χ4n) is 0.398. The normalized spacial score (nSPS) is 38.4. The van der Waals surface area contributed by atoms with Gasteiger partial charge in [0.1, 0.15) is 4.24 Å². The molecule has 1 heterocycles. The third-order valence-corrected chi connectivity index (χ3v) is 4.40. The van der Waals surface area contributed by atoms with Crippen LogP contribution in [0, 0.1) is 0 Å². The molecule has 0 amide bonds. The van der Waals surface area contributed by atoms with Crippen LogP contribution in [0.2, 0.25) is 0 Å². The van der Waals surface area contributed by atoms with Gasteiger partial charge >= 0.3 is 0 Å². The van der Waals surface area contributed by atoms with E-state index in [1.54, 1.807) is 0 Å². The van der Waals surface area contributed by atoms with Gasteiger partial charge in [0.25, 0.3) is 0 Å². The smallest absolute Gasteiger partial charge is 0.107 e. The Bertz CT molecular complexity index is 258. The summed E-state index contributed by atoms with van der Waals surface area (Å²) >= 11 is 0. The van der Waals surface area contributed by atoms with Gasteiger partial charge in [0.05, 0.1) is 10.8 Å². The summed E-state index contributed by atoms with van der Waals surface area (Å²) in [4.78, 5) is 0. The van der Waals surface area contributed by atoms with Gasteiger partial charge in [-0.3, -0.25) is 8.42 Å². The second kappa shape index (κ2) is 1.45. The molecule has 0 N–H and O–H groups in total. The summed E-state index contributed by atoms with van der Waals surface area (Å²) in [5, 5.41) is 1.46. The molecule has 8 heavy (non-hydrogen) atoms. The van der Waals surface area contributed by atoms with E-state index in [1.165, 1.54) is 11.7 Å². The molecule has 0 aliphatic carbocycles. The molecular formula is C4H6O2S2. The van der Waals surface area contributed by atoms with Crippen LogP contribution in [0.5, 0.6) is 0 Å². The van der Waals surface area contributed by atoms with E-state index in [0.717, 1.165) is 0 Å². The first-order valence-electron chi connectivity index (χ1n) is 1.96. The topological polar surface area (TPSA) is 34.1 Å². The van der Waals surface area contributed by atoms with E-state index in [4.69, 9.17) is 0 Å². The first-order valence-corrected chi connectivity index (χ1v) is 5.31. The zero-order chi connectivity index (χ0) is 6.36. The van der Waals surface area contributed by atoms with Crippen LogP contribution in [0.25, 0.3) is 0 Å². The van der Waals surface area contributed by atoms with E-state index in [1.807, 2.05) is 0 Å². The predicted octanol–water partition coefficient (Wildman–Crippen LogP) is -0.106. The lowest BCUT2D eigenvalue weighted by atomic mass is 11.3. The van der Waals surface area contributed by atoms with E-state index < -0.39 is 20.3 Å². The highest BCUT2D eigenvalue weighted by atomic mass is 32.3. The maximum absolute atomic E-state index is 10.7. The van der Waals surface area contributed by atoms with E-state index in [2.05, 4.69) is 5.87 Å². The van der Waals surface area contributed by atoms with E-state index >= 15 is 0 Å².